The second-order valence-electron chi connectivity index (χ2n) is 9.97. The van der Waals surface area contributed by atoms with Crippen molar-refractivity contribution in [1.29, 1.82) is 0 Å². The highest BCUT2D eigenvalue weighted by molar-refractivity contribution is 7.09. The zero-order valence-electron chi connectivity index (χ0n) is 20.9. The van der Waals surface area contributed by atoms with Gasteiger partial charge in [0.25, 0.3) is 0 Å². The van der Waals surface area contributed by atoms with Crippen LogP contribution in [0.15, 0.2) is 72.1 Å². The Bertz CT molecular complexity index is 1100. The SMILES string of the molecule is Cc1cccc(N(Cc2cccs2)C(=O)O[C@H]2C[N+]3(CCCOc4ccccc4)CCC2CC3)c1.[Br-]. The predicted molar refractivity (Wildman–Crippen MR) is 141 cm³/mol. The van der Waals surface area contributed by atoms with E-state index in [1.165, 1.54) is 13.1 Å². The fourth-order valence-corrected chi connectivity index (χ4v) is 6.28. The molecule has 1 atom stereocenters. The number of carbonyl (C=O) groups excluding carboxylic acids is 1. The molecule has 3 aliphatic heterocycles. The van der Waals surface area contributed by atoms with E-state index in [2.05, 4.69) is 30.5 Å². The minimum absolute atomic E-state index is 0. The number of fused-ring (bicyclic) bond motifs is 3. The number of benzene rings is 2. The van der Waals surface area contributed by atoms with E-state index in [-0.39, 0.29) is 29.2 Å². The summed E-state index contributed by atoms with van der Waals surface area (Å²) in [6.45, 7) is 7.67. The Balaban J connectivity index is 0.00000304. The molecule has 0 aliphatic carbocycles. The summed E-state index contributed by atoms with van der Waals surface area (Å²) in [4.78, 5) is 16.5. The molecule has 2 bridgehead atoms. The third-order valence-corrected chi connectivity index (χ3v) is 8.37. The van der Waals surface area contributed by atoms with Gasteiger partial charge in [0, 0.05) is 35.7 Å². The summed E-state index contributed by atoms with van der Waals surface area (Å²) < 4.78 is 13.2. The molecule has 0 unspecified atom stereocenters. The summed E-state index contributed by atoms with van der Waals surface area (Å²) >= 11 is 1.67. The fourth-order valence-electron chi connectivity index (χ4n) is 5.58. The molecule has 5 nitrogen and oxygen atoms in total. The molecular weight excluding hydrogens is 536 g/mol. The van der Waals surface area contributed by atoms with E-state index < -0.39 is 0 Å². The summed E-state index contributed by atoms with van der Waals surface area (Å²) in [5.74, 6) is 1.40. The number of ether oxygens (including phenoxy) is 2. The molecule has 192 valence electrons. The molecule has 0 saturated carbocycles. The van der Waals surface area contributed by atoms with Crippen molar-refractivity contribution in [3.8, 4) is 5.75 Å². The van der Waals surface area contributed by atoms with E-state index in [1.807, 2.05) is 48.5 Å². The number of para-hydroxylation sites is 1. The van der Waals surface area contributed by atoms with Crippen LogP contribution in [-0.4, -0.2) is 49.5 Å². The van der Waals surface area contributed by atoms with Crippen molar-refractivity contribution in [1.82, 2.24) is 0 Å². The van der Waals surface area contributed by atoms with Crippen LogP contribution >= 0.6 is 11.3 Å². The van der Waals surface area contributed by atoms with Crippen LogP contribution in [0.5, 0.6) is 5.75 Å². The molecule has 6 rings (SSSR count). The van der Waals surface area contributed by atoms with E-state index in [4.69, 9.17) is 9.47 Å². The summed E-state index contributed by atoms with van der Waals surface area (Å²) in [5, 5.41) is 2.05. The van der Waals surface area contributed by atoms with E-state index in [1.54, 1.807) is 16.2 Å². The molecule has 3 aromatic rings. The number of aryl methyl sites for hydroxylation is 1. The number of amides is 1. The Morgan fingerprint density at radius 2 is 1.86 bits per heavy atom. The number of halogens is 1. The van der Waals surface area contributed by atoms with Crippen LogP contribution in [0, 0.1) is 12.8 Å². The molecule has 1 aromatic heterocycles. The highest BCUT2D eigenvalue weighted by Crippen LogP contribution is 2.36. The molecule has 0 spiro atoms. The van der Waals surface area contributed by atoms with Gasteiger partial charge < -0.3 is 30.9 Å². The number of rotatable bonds is 9. The van der Waals surface area contributed by atoms with Gasteiger partial charge in [0.2, 0.25) is 0 Å². The number of hydrogen-bond donors (Lipinski definition) is 0. The van der Waals surface area contributed by atoms with E-state index >= 15 is 0 Å². The van der Waals surface area contributed by atoms with Crippen molar-refractivity contribution >= 4 is 23.1 Å². The van der Waals surface area contributed by atoms with Crippen molar-refractivity contribution in [3.63, 3.8) is 0 Å². The van der Waals surface area contributed by atoms with Crippen molar-refractivity contribution in [3.05, 3.63) is 82.6 Å². The van der Waals surface area contributed by atoms with Crippen LogP contribution < -0.4 is 26.6 Å². The number of hydrogen-bond acceptors (Lipinski definition) is 4. The van der Waals surface area contributed by atoms with Gasteiger partial charge in [-0.15, -0.1) is 11.3 Å². The number of anilines is 1. The van der Waals surface area contributed by atoms with Crippen LogP contribution in [0.2, 0.25) is 0 Å². The molecule has 3 aliphatic rings. The Kier molecular flexibility index (Phi) is 9.09. The average molecular weight is 572 g/mol. The Hall–Kier alpha value is -2.35. The molecule has 4 heterocycles. The molecule has 1 amide bonds. The number of piperidine rings is 3. The normalized spacial score (nSPS) is 22.5. The van der Waals surface area contributed by atoms with Crippen molar-refractivity contribution < 1.29 is 35.7 Å². The zero-order chi connectivity index (χ0) is 24.1. The fraction of sp³-hybridized carbons (Fsp3) is 0.414. The van der Waals surface area contributed by atoms with Gasteiger partial charge in [-0.05, 0) is 48.2 Å². The lowest BCUT2D eigenvalue weighted by atomic mass is 9.83. The molecular formula is C29H35BrN2O3S. The van der Waals surface area contributed by atoms with Crippen molar-refractivity contribution in [2.24, 2.45) is 5.92 Å². The molecule has 7 heteroatoms. The van der Waals surface area contributed by atoms with Crippen LogP contribution in [0.4, 0.5) is 10.5 Å². The third kappa shape index (κ3) is 6.50. The lowest BCUT2D eigenvalue weighted by Gasteiger charge is -2.52. The van der Waals surface area contributed by atoms with Gasteiger partial charge in [-0.3, -0.25) is 4.90 Å². The second-order valence-corrected chi connectivity index (χ2v) is 11.0. The van der Waals surface area contributed by atoms with Gasteiger partial charge >= 0.3 is 6.09 Å². The molecule has 3 fully saturated rings. The Morgan fingerprint density at radius 1 is 1.06 bits per heavy atom. The highest BCUT2D eigenvalue weighted by Gasteiger charge is 2.47. The monoisotopic (exact) mass is 570 g/mol. The quantitative estimate of drug-likeness (QED) is 0.293. The molecule has 3 saturated heterocycles. The van der Waals surface area contributed by atoms with Crippen LogP contribution in [0.1, 0.15) is 29.7 Å². The molecule has 2 aromatic carbocycles. The number of carbonyl (C=O) groups is 1. The lowest BCUT2D eigenvalue weighted by Crippen LogP contribution is -3.00. The first-order valence-electron chi connectivity index (χ1n) is 12.7. The van der Waals surface area contributed by atoms with Crippen molar-refractivity contribution in [2.45, 2.75) is 38.8 Å². The number of nitrogens with zero attached hydrogens (tertiary/aromatic N) is 2. The van der Waals surface area contributed by atoms with Gasteiger partial charge in [0.1, 0.15) is 12.3 Å². The number of thiophene rings is 1. The van der Waals surface area contributed by atoms with Crippen molar-refractivity contribution in [2.75, 3.05) is 37.7 Å². The van der Waals surface area contributed by atoms with Gasteiger partial charge in [0.15, 0.2) is 6.10 Å². The minimum Gasteiger partial charge on any atom is -1.00 e. The first-order valence-corrected chi connectivity index (χ1v) is 13.6. The number of quaternary nitrogens is 1. The first-order chi connectivity index (χ1) is 17.1. The van der Waals surface area contributed by atoms with Crippen LogP contribution in [0.3, 0.4) is 0 Å². The Labute approximate surface area is 229 Å². The maximum atomic E-state index is 13.5. The predicted octanol–water partition coefficient (Wildman–Crippen LogP) is 3.28. The molecule has 36 heavy (non-hydrogen) atoms. The maximum Gasteiger partial charge on any atom is 0.415 e. The topological polar surface area (TPSA) is 38.8 Å². The van der Waals surface area contributed by atoms with Crippen LogP contribution in [-0.2, 0) is 11.3 Å². The summed E-state index contributed by atoms with van der Waals surface area (Å²) in [6, 6.07) is 22.3. The van der Waals surface area contributed by atoms with E-state index in [9.17, 15) is 4.79 Å². The average Bonchev–Trinajstić information content (AvgIpc) is 3.40. The maximum absolute atomic E-state index is 13.5. The largest absolute Gasteiger partial charge is 1.00 e. The summed E-state index contributed by atoms with van der Waals surface area (Å²) in [5.41, 5.74) is 2.03. The molecule has 0 N–H and O–H groups in total. The second kappa shape index (κ2) is 12.3. The smallest absolute Gasteiger partial charge is 0.415 e. The standard InChI is InChI=1S/C29H35N2O3S.BrH/c1-23-8-5-9-25(20-23)30(21-27-12-6-19-35-27)29(32)34-28-22-31(16-13-24(28)14-17-31)15-7-18-33-26-10-3-2-4-11-26;/h2-6,8-12,19-20,24,28H,7,13-18,21-22H2,1H3;1H/q+1;/p-1/t24?,28-,31?;/m0./s1. The zero-order valence-corrected chi connectivity index (χ0v) is 23.3. The van der Waals surface area contributed by atoms with Gasteiger partial charge in [-0.25, -0.2) is 4.79 Å². The van der Waals surface area contributed by atoms with Gasteiger partial charge in [-0.2, -0.15) is 0 Å². The minimum atomic E-state index is -0.228. The third-order valence-electron chi connectivity index (χ3n) is 7.51. The Morgan fingerprint density at radius 3 is 2.58 bits per heavy atom. The van der Waals surface area contributed by atoms with E-state index in [0.717, 1.165) is 65.3 Å². The lowest BCUT2D eigenvalue weighted by molar-refractivity contribution is -0.946. The van der Waals surface area contributed by atoms with Gasteiger partial charge in [-0.1, -0.05) is 36.4 Å². The van der Waals surface area contributed by atoms with E-state index in [0.29, 0.717) is 12.5 Å². The van der Waals surface area contributed by atoms with Gasteiger partial charge in [0.05, 0.1) is 32.8 Å². The first kappa shape index (κ1) is 26.7. The summed E-state index contributed by atoms with van der Waals surface area (Å²) in [6.07, 6.45) is 3.03. The highest BCUT2D eigenvalue weighted by atomic mass is 79.9. The van der Waals surface area contributed by atoms with Crippen LogP contribution in [0.25, 0.3) is 0 Å². The molecule has 0 radical (unpaired) electrons. The summed E-state index contributed by atoms with van der Waals surface area (Å²) in [7, 11) is 0.